The lowest BCUT2D eigenvalue weighted by molar-refractivity contribution is -0.108. The molecule has 2 fully saturated rings. The van der Waals surface area contributed by atoms with Gasteiger partial charge in [0.1, 0.15) is 6.29 Å². The van der Waals surface area contributed by atoms with E-state index in [0.717, 1.165) is 53.8 Å². The fourth-order valence-electron chi connectivity index (χ4n) is 5.77. The van der Waals surface area contributed by atoms with Crippen LogP contribution in [0.3, 0.4) is 0 Å². The molecule has 0 radical (unpaired) electrons. The molecule has 0 saturated carbocycles. The summed E-state index contributed by atoms with van der Waals surface area (Å²) < 4.78 is 2.14. The molecule has 0 aromatic heterocycles. The first-order chi connectivity index (χ1) is 17.7. The van der Waals surface area contributed by atoms with Gasteiger partial charge in [-0.1, -0.05) is 33.1 Å². The zero-order valence-electron chi connectivity index (χ0n) is 21.6. The van der Waals surface area contributed by atoms with Gasteiger partial charge < -0.3 is 26.1 Å². The summed E-state index contributed by atoms with van der Waals surface area (Å²) in [5.41, 5.74) is 15.1. The molecule has 1 aromatic carbocycles. The molecule has 1 aliphatic carbocycles. The molecule has 9 heteroatoms. The molecule has 0 spiro atoms. The first kappa shape index (κ1) is 30.2. The highest BCUT2D eigenvalue weighted by Gasteiger charge is 2.32. The van der Waals surface area contributed by atoms with Gasteiger partial charge in [0.15, 0.2) is 0 Å². The number of primary amides is 1. The van der Waals surface area contributed by atoms with Crippen LogP contribution in [0.4, 0.5) is 4.79 Å². The van der Waals surface area contributed by atoms with Gasteiger partial charge in [0.05, 0.1) is 0 Å². The number of carbonyl (C=O) groups excluding carboxylic acids is 2. The third-order valence-electron chi connectivity index (χ3n) is 7.94. The van der Waals surface area contributed by atoms with E-state index >= 15 is 0 Å². The van der Waals surface area contributed by atoms with Crippen molar-refractivity contribution < 1.29 is 9.59 Å². The molecule has 2 aliphatic heterocycles. The SMILES string of the molecule is CN1CCC(C2C/C(=C\C(Br)=C/N)CCc3cc(Cl)cc(Br)c32)CC1.NC(=O)N1CCC(CC=O)CC1. The molecule has 204 valence electrons. The van der Waals surface area contributed by atoms with Crippen molar-refractivity contribution in [3.05, 3.63) is 55.1 Å². The molecular weight excluding hydrogens is 620 g/mol. The topological polar surface area (TPSA) is 92.7 Å². The van der Waals surface area contributed by atoms with Crippen molar-refractivity contribution in [1.82, 2.24) is 9.80 Å². The molecule has 4 N–H and O–H groups in total. The molecule has 1 unspecified atom stereocenters. The van der Waals surface area contributed by atoms with Crippen LogP contribution in [-0.2, 0) is 11.2 Å². The maximum atomic E-state index is 10.7. The fraction of sp³-hybridized carbons (Fsp3) is 0.571. The maximum absolute atomic E-state index is 10.7. The standard InChI is InChI=1S/C20H25Br2ClN2.C8H14N2O2/c1-25-6-4-14(5-7-25)18-9-13(8-16(21)12-24)2-3-15-10-17(23)11-19(22)20(15)18;9-8(12)10-4-1-7(2-5-10)3-6-11/h8,10-12,14,18H,2-7,9,24H2,1H3;6-7H,1-5H2,(H2,9,12)/b13-8-,16-12+;. The number of hydrogen-bond donors (Lipinski definition) is 2. The largest absolute Gasteiger partial charge is 0.404 e. The van der Waals surface area contributed by atoms with Gasteiger partial charge in [0, 0.05) is 39.7 Å². The van der Waals surface area contributed by atoms with Gasteiger partial charge in [-0.2, -0.15) is 0 Å². The predicted molar refractivity (Wildman–Crippen MR) is 159 cm³/mol. The summed E-state index contributed by atoms with van der Waals surface area (Å²) in [6, 6.07) is 3.88. The first-order valence-corrected chi connectivity index (χ1v) is 15.1. The Morgan fingerprint density at radius 3 is 2.41 bits per heavy atom. The number of nitrogens with zero attached hydrogens (tertiary/aromatic N) is 2. The molecule has 0 bridgehead atoms. The Bertz CT molecular complexity index is 1000. The van der Waals surface area contributed by atoms with Gasteiger partial charge in [0.2, 0.25) is 0 Å². The second-order valence-corrected chi connectivity index (χ2v) is 12.6. The minimum atomic E-state index is -0.348. The first-order valence-electron chi connectivity index (χ1n) is 13.1. The Labute approximate surface area is 243 Å². The minimum Gasteiger partial charge on any atom is -0.404 e. The van der Waals surface area contributed by atoms with E-state index in [-0.39, 0.29) is 6.03 Å². The number of carbonyl (C=O) groups is 2. The average Bonchev–Trinajstić information content (AvgIpc) is 3.05. The third kappa shape index (κ3) is 8.84. The summed E-state index contributed by atoms with van der Waals surface area (Å²) in [4.78, 5) is 24.9. The second kappa shape index (κ2) is 14.7. The van der Waals surface area contributed by atoms with Crippen LogP contribution in [0, 0.1) is 11.8 Å². The number of benzene rings is 1. The van der Waals surface area contributed by atoms with Gasteiger partial charge in [-0.25, -0.2) is 4.79 Å². The summed E-state index contributed by atoms with van der Waals surface area (Å²) >= 11 is 13.7. The van der Waals surface area contributed by atoms with Crippen LogP contribution in [0.5, 0.6) is 0 Å². The molecule has 1 aromatic rings. The molecule has 2 amide bonds. The van der Waals surface area contributed by atoms with Crippen molar-refractivity contribution in [3.8, 4) is 0 Å². The average molecular weight is 659 g/mol. The van der Waals surface area contributed by atoms with E-state index in [1.54, 1.807) is 11.1 Å². The van der Waals surface area contributed by atoms with Gasteiger partial charge >= 0.3 is 6.03 Å². The maximum Gasteiger partial charge on any atom is 0.314 e. The number of rotatable bonds is 4. The number of piperidine rings is 2. The normalized spacial score (nSPS) is 23.1. The number of allylic oxidation sites excluding steroid dienone is 3. The molecule has 1 atom stereocenters. The van der Waals surface area contributed by atoms with Crippen molar-refractivity contribution in [2.24, 2.45) is 23.3 Å². The fourth-order valence-corrected chi connectivity index (χ4v) is 7.27. The Balaban J connectivity index is 0.000000266. The lowest BCUT2D eigenvalue weighted by Crippen LogP contribution is -2.41. The van der Waals surface area contributed by atoms with Crippen molar-refractivity contribution >= 4 is 55.8 Å². The van der Waals surface area contributed by atoms with Crippen LogP contribution < -0.4 is 11.5 Å². The molecule has 2 saturated heterocycles. The minimum absolute atomic E-state index is 0.348. The Morgan fingerprint density at radius 1 is 1.14 bits per heavy atom. The van der Waals surface area contributed by atoms with Crippen molar-refractivity contribution in [2.45, 2.75) is 57.3 Å². The van der Waals surface area contributed by atoms with E-state index in [0.29, 0.717) is 31.3 Å². The predicted octanol–water partition coefficient (Wildman–Crippen LogP) is 6.35. The Hall–Kier alpha value is -1.35. The molecular formula is C28H39Br2ClN4O2. The van der Waals surface area contributed by atoms with Crippen LogP contribution in [0.2, 0.25) is 5.02 Å². The highest BCUT2D eigenvalue weighted by molar-refractivity contribution is 9.12. The van der Waals surface area contributed by atoms with Gasteiger partial charge in [-0.05, 0) is 128 Å². The van der Waals surface area contributed by atoms with Gasteiger partial charge in [0.25, 0.3) is 0 Å². The van der Waals surface area contributed by atoms with Crippen LogP contribution in [0.25, 0.3) is 0 Å². The van der Waals surface area contributed by atoms with Crippen molar-refractivity contribution in [2.75, 3.05) is 33.2 Å². The molecule has 6 nitrogen and oxygen atoms in total. The van der Waals surface area contributed by atoms with Gasteiger partial charge in [-0.3, -0.25) is 0 Å². The smallest absolute Gasteiger partial charge is 0.314 e. The van der Waals surface area contributed by atoms with E-state index < -0.39 is 0 Å². The van der Waals surface area contributed by atoms with Gasteiger partial charge in [-0.15, -0.1) is 0 Å². The summed E-state index contributed by atoms with van der Waals surface area (Å²) in [6.07, 6.45) is 12.9. The number of likely N-dealkylation sites (tertiary alicyclic amines) is 2. The highest BCUT2D eigenvalue weighted by atomic mass is 79.9. The highest BCUT2D eigenvalue weighted by Crippen LogP contribution is 2.45. The number of halogens is 3. The number of urea groups is 1. The Morgan fingerprint density at radius 2 is 1.81 bits per heavy atom. The summed E-state index contributed by atoms with van der Waals surface area (Å²) in [7, 11) is 2.22. The number of nitrogens with two attached hydrogens (primary N) is 2. The van der Waals surface area contributed by atoms with E-state index in [9.17, 15) is 9.59 Å². The lowest BCUT2D eigenvalue weighted by Gasteiger charge is -2.35. The zero-order chi connectivity index (χ0) is 26.9. The molecule has 37 heavy (non-hydrogen) atoms. The molecule has 3 aliphatic rings. The van der Waals surface area contributed by atoms with Crippen LogP contribution in [0.15, 0.2) is 38.9 Å². The second-order valence-electron chi connectivity index (χ2n) is 10.4. The van der Waals surface area contributed by atoms with Crippen LogP contribution in [0.1, 0.15) is 62.0 Å². The van der Waals surface area contributed by atoms with Crippen molar-refractivity contribution in [3.63, 3.8) is 0 Å². The Kier molecular flexibility index (Phi) is 12.0. The van der Waals surface area contributed by atoms with E-state index in [2.05, 4.69) is 62.0 Å². The monoisotopic (exact) mass is 656 g/mol. The molecule has 4 rings (SSSR count). The number of hydrogen-bond acceptors (Lipinski definition) is 4. The number of fused-ring (bicyclic) bond motifs is 1. The zero-order valence-corrected chi connectivity index (χ0v) is 25.5. The summed E-state index contributed by atoms with van der Waals surface area (Å²) in [5, 5.41) is 0.822. The quantitative estimate of drug-likeness (QED) is 0.291. The summed E-state index contributed by atoms with van der Waals surface area (Å²) in [6.45, 7) is 3.78. The lowest BCUT2D eigenvalue weighted by atomic mass is 9.76. The van der Waals surface area contributed by atoms with E-state index in [1.807, 2.05) is 0 Å². The number of aryl methyl sites for hydroxylation is 1. The third-order valence-corrected chi connectivity index (χ3v) is 9.31. The van der Waals surface area contributed by atoms with Crippen LogP contribution >= 0.6 is 43.5 Å². The van der Waals surface area contributed by atoms with Crippen LogP contribution in [-0.4, -0.2) is 55.3 Å². The number of amides is 2. The summed E-state index contributed by atoms with van der Waals surface area (Å²) in [5.74, 6) is 1.72. The number of aldehydes is 1. The van der Waals surface area contributed by atoms with E-state index in [1.165, 1.54) is 47.1 Å². The molecule has 2 heterocycles. The van der Waals surface area contributed by atoms with E-state index in [4.69, 9.17) is 23.1 Å². The van der Waals surface area contributed by atoms with Crippen molar-refractivity contribution in [1.29, 1.82) is 0 Å².